The van der Waals surface area contributed by atoms with Gasteiger partial charge in [-0.2, -0.15) is 0 Å². The van der Waals surface area contributed by atoms with E-state index in [1.807, 2.05) is 13.1 Å². The van der Waals surface area contributed by atoms with Crippen molar-refractivity contribution in [2.75, 3.05) is 0 Å². The average molecular weight is 344 g/mol. The minimum Gasteiger partial charge on any atom is -0.348 e. The molecule has 2 heterocycles. The summed E-state index contributed by atoms with van der Waals surface area (Å²) in [6.07, 6.45) is 2.40. The summed E-state index contributed by atoms with van der Waals surface area (Å²) < 4.78 is 16.6. The summed E-state index contributed by atoms with van der Waals surface area (Å²) in [7, 11) is 1.89. The molecule has 1 N–H and O–H groups in total. The maximum Gasteiger partial charge on any atom is 0.261 e. The zero-order valence-corrected chi connectivity index (χ0v) is 14.3. The Balaban J connectivity index is 1.57. The second kappa shape index (κ2) is 5.66. The highest BCUT2D eigenvalue weighted by atomic mass is 32.1. The molecule has 4 rings (SSSR count). The summed E-state index contributed by atoms with van der Waals surface area (Å²) >= 11 is 1.34. The third kappa shape index (κ3) is 2.39. The van der Waals surface area contributed by atoms with Gasteiger partial charge in [-0.25, -0.2) is 4.39 Å². The molecule has 0 bridgehead atoms. The van der Waals surface area contributed by atoms with Gasteiger partial charge in [0, 0.05) is 29.6 Å². The summed E-state index contributed by atoms with van der Waals surface area (Å²) in [5, 5.41) is 11.8. The predicted octanol–water partition coefficient (Wildman–Crippen LogP) is 2.76. The van der Waals surface area contributed by atoms with Crippen molar-refractivity contribution in [1.29, 1.82) is 0 Å². The number of halogens is 1. The number of nitrogens with zero attached hydrogens (tertiary/aromatic N) is 3. The first-order valence-corrected chi connectivity index (χ1v) is 8.72. The lowest BCUT2D eigenvalue weighted by Gasteiger charge is -2.22. The van der Waals surface area contributed by atoms with Gasteiger partial charge in [0.2, 0.25) is 0 Å². The van der Waals surface area contributed by atoms with Crippen LogP contribution in [-0.2, 0) is 19.9 Å². The Kier molecular flexibility index (Phi) is 3.60. The van der Waals surface area contributed by atoms with E-state index in [-0.39, 0.29) is 17.8 Å². The minimum absolute atomic E-state index is 0.0381. The van der Waals surface area contributed by atoms with Gasteiger partial charge in [-0.1, -0.05) is 11.3 Å². The lowest BCUT2D eigenvalue weighted by molar-refractivity contribution is 0.0937. The number of fused-ring (bicyclic) bond motifs is 2. The first-order chi connectivity index (χ1) is 11.5. The van der Waals surface area contributed by atoms with E-state index < -0.39 is 0 Å². The largest absolute Gasteiger partial charge is 0.348 e. The van der Waals surface area contributed by atoms with E-state index in [2.05, 4.69) is 15.6 Å². The molecule has 1 amide bonds. The standard InChI is InChI=1S/C17H17FN4OS/c1-9-15-11(18)4-3-5-14(15)24-16(9)17(23)19-10-6-7-13-12(8-10)20-21-22(13)2/h3-5,10H,6-8H2,1-2H3,(H,19,23). The van der Waals surface area contributed by atoms with Crippen LogP contribution in [0.15, 0.2) is 18.2 Å². The quantitative estimate of drug-likeness (QED) is 0.778. The first-order valence-electron chi connectivity index (χ1n) is 7.90. The number of aryl methyl sites for hydroxylation is 2. The molecule has 1 atom stereocenters. The Morgan fingerprint density at radius 3 is 3.08 bits per heavy atom. The number of hydrogen-bond donors (Lipinski definition) is 1. The summed E-state index contributed by atoms with van der Waals surface area (Å²) in [5.41, 5.74) is 2.80. The Morgan fingerprint density at radius 2 is 2.29 bits per heavy atom. The van der Waals surface area contributed by atoms with Crippen molar-refractivity contribution in [3.05, 3.63) is 45.8 Å². The smallest absolute Gasteiger partial charge is 0.261 e. The second-order valence-electron chi connectivity index (χ2n) is 6.19. The van der Waals surface area contributed by atoms with Crippen molar-refractivity contribution < 1.29 is 9.18 Å². The molecular weight excluding hydrogens is 327 g/mol. The molecule has 7 heteroatoms. The van der Waals surface area contributed by atoms with Crippen molar-refractivity contribution in [3.8, 4) is 0 Å². The van der Waals surface area contributed by atoms with Crippen LogP contribution in [0.3, 0.4) is 0 Å². The maximum atomic E-state index is 14.0. The fourth-order valence-electron chi connectivity index (χ4n) is 3.37. The van der Waals surface area contributed by atoms with Crippen LogP contribution >= 0.6 is 11.3 Å². The van der Waals surface area contributed by atoms with Gasteiger partial charge in [0.1, 0.15) is 5.82 Å². The lowest BCUT2D eigenvalue weighted by atomic mass is 9.95. The number of amides is 1. The number of benzene rings is 1. The molecule has 1 aliphatic rings. The van der Waals surface area contributed by atoms with Crippen molar-refractivity contribution in [2.24, 2.45) is 7.05 Å². The van der Waals surface area contributed by atoms with Crippen LogP contribution in [0, 0.1) is 12.7 Å². The van der Waals surface area contributed by atoms with Crippen molar-refractivity contribution in [1.82, 2.24) is 20.3 Å². The minimum atomic E-state index is -0.276. The molecule has 3 aromatic rings. The van der Waals surface area contributed by atoms with Gasteiger partial charge < -0.3 is 5.32 Å². The van der Waals surface area contributed by atoms with Gasteiger partial charge in [-0.05, 0) is 37.5 Å². The molecular formula is C17H17FN4OS. The monoisotopic (exact) mass is 344 g/mol. The van der Waals surface area contributed by atoms with E-state index in [4.69, 9.17) is 0 Å². The summed E-state index contributed by atoms with van der Waals surface area (Å²) in [6.45, 7) is 1.80. The third-order valence-corrected chi connectivity index (χ3v) is 5.89. The summed E-state index contributed by atoms with van der Waals surface area (Å²) in [5.74, 6) is -0.410. The van der Waals surface area contributed by atoms with Crippen LogP contribution in [0.25, 0.3) is 10.1 Å². The molecule has 24 heavy (non-hydrogen) atoms. The summed E-state index contributed by atoms with van der Waals surface area (Å²) in [6, 6.07) is 4.99. The number of carbonyl (C=O) groups is 1. The zero-order chi connectivity index (χ0) is 16.8. The van der Waals surface area contributed by atoms with Gasteiger partial charge in [-0.15, -0.1) is 16.4 Å². The number of nitrogens with one attached hydrogen (secondary N) is 1. The number of aromatic nitrogens is 3. The topological polar surface area (TPSA) is 59.8 Å². The van der Waals surface area contributed by atoms with Crippen molar-refractivity contribution in [3.63, 3.8) is 0 Å². The Hall–Kier alpha value is -2.28. The van der Waals surface area contributed by atoms with Gasteiger partial charge in [0.05, 0.1) is 16.3 Å². The van der Waals surface area contributed by atoms with Gasteiger partial charge in [0.15, 0.2) is 0 Å². The highest BCUT2D eigenvalue weighted by molar-refractivity contribution is 7.21. The zero-order valence-electron chi connectivity index (χ0n) is 13.5. The molecule has 1 aliphatic carbocycles. The van der Waals surface area contributed by atoms with E-state index in [0.29, 0.717) is 22.2 Å². The van der Waals surface area contributed by atoms with Crippen LogP contribution in [-0.4, -0.2) is 26.9 Å². The fourth-order valence-corrected chi connectivity index (χ4v) is 4.50. The van der Waals surface area contributed by atoms with E-state index >= 15 is 0 Å². The van der Waals surface area contributed by atoms with Crippen molar-refractivity contribution in [2.45, 2.75) is 32.2 Å². The Bertz CT molecular complexity index is 946. The van der Waals surface area contributed by atoms with E-state index in [1.165, 1.54) is 17.4 Å². The van der Waals surface area contributed by atoms with Gasteiger partial charge >= 0.3 is 0 Å². The lowest BCUT2D eigenvalue weighted by Crippen LogP contribution is -2.39. The van der Waals surface area contributed by atoms with Gasteiger partial charge in [-0.3, -0.25) is 9.48 Å². The molecule has 2 aromatic heterocycles. The molecule has 0 aliphatic heterocycles. The van der Waals surface area contributed by atoms with E-state index in [0.717, 1.165) is 28.9 Å². The first kappa shape index (κ1) is 15.3. The molecule has 0 saturated heterocycles. The molecule has 5 nitrogen and oxygen atoms in total. The van der Waals surface area contributed by atoms with Crippen LogP contribution in [0.4, 0.5) is 4.39 Å². The highest BCUT2D eigenvalue weighted by Crippen LogP contribution is 2.32. The van der Waals surface area contributed by atoms with E-state index in [1.54, 1.807) is 17.7 Å². The average Bonchev–Trinajstić information content (AvgIpc) is 3.09. The number of hydrogen-bond acceptors (Lipinski definition) is 4. The maximum absolute atomic E-state index is 14.0. The van der Waals surface area contributed by atoms with Crippen LogP contribution in [0.1, 0.15) is 33.0 Å². The molecule has 1 aromatic carbocycles. The van der Waals surface area contributed by atoms with Gasteiger partial charge in [0.25, 0.3) is 5.91 Å². The molecule has 1 unspecified atom stereocenters. The highest BCUT2D eigenvalue weighted by Gasteiger charge is 2.26. The Labute approximate surface area is 142 Å². The third-order valence-electron chi connectivity index (χ3n) is 4.64. The number of rotatable bonds is 2. The van der Waals surface area contributed by atoms with E-state index in [9.17, 15) is 9.18 Å². The van der Waals surface area contributed by atoms with Crippen LogP contribution in [0.2, 0.25) is 0 Å². The number of thiophene rings is 1. The predicted molar refractivity (Wildman–Crippen MR) is 90.8 cm³/mol. The Morgan fingerprint density at radius 1 is 1.46 bits per heavy atom. The molecule has 0 radical (unpaired) electrons. The second-order valence-corrected chi connectivity index (χ2v) is 7.24. The van der Waals surface area contributed by atoms with Crippen LogP contribution in [0.5, 0.6) is 0 Å². The molecule has 0 fully saturated rings. The van der Waals surface area contributed by atoms with Crippen LogP contribution < -0.4 is 5.32 Å². The molecule has 0 saturated carbocycles. The van der Waals surface area contributed by atoms with Crippen molar-refractivity contribution >= 4 is 27.3 Å². The number of carbonyl (C=O) groups excluding carboxylic acids is 1. The normalized spacial score (nSPS) is 17.0. The summed E-state index contributed by atoms with van der Waals surface area (Å²) in [4.78, 5) is 13.3. The molecule has 124 valence electrons. The SMILES string of the molecule is Cc1c(C(=O)NC2CCc3c(nnn3C)C2)sc2cccc(F)c12. The fraction of sp³-hybridized carbons (Fsp3) is 0.353. The molecule has 0 spiro atoms.